The Balaban J connectivity index is 4.90. The Morgan fingerprint density at radius 1 is 1.41 bits per heavy atom. The quantitative estimate of drug-likeness (QED) is 0.417. The van der Waals surface area contributed by atoms with Gasteiger partial charge in [0.2, 0.25) is 0 Å². The van der Waals surface area contributed by atoms with Gasteiger partial charge in [0.25, 0.3) is 0 Å². The van der Waals surface area contributed by atoms with Crippen LogP contribution in [0.4, 0.5) is 0 Å². The Morgan fingerprint density at radius 3 is 2.53 bits per heavy atom. The van der Waals surface area contributed by atoms with Gasteiger partial charge in [-0.15, -0.1) is 0 Å². The molecule has 3 heteroatoms. The van der Waals surface area contributed by atoms with Gasteiger partial charge >= 0.3 is 0 Å². The van der Waals surface area contributed by atoms with E-state index >= 15 is 0 Å². The van der Waals surface area contributed by atoms with Crippen LogP contribution in [0.3, 0.4) is 0 Å². The fourth-order valence-corrected chi connectivity index (χ4v) is 1.18. The van der Waals surface area contributed by atoms with E-state index in [1.807, 2.05) is 44.1 Å². The topological polar surface area (TPSA) is 24.5 Å². The SMILES string of the molecule is C=C(C)NN(C)C(/C=C(\C)OC)=C/C=CCC. The lowest BCUT2D eigenvalue weighted by atomic mass is 10.3. The summed E-state index contributed by atoms with van der Waals surface area (Å²) in [7, 11) is 3.61. The van der Waals surface area contributed by atoms with Gasteiger partial charge in [0.05, 0.1) is 18.6 Å². The third-order valence-electron chi connectivity index (χ3n) is 2.06. The van der Waals surface area contributed by atoms with Crippen LogP contribution in [0.25, 0.3) is 0 Å². The summed E-state index contributed by atoms with van der Waals surface area (Å²) in [6.45, 7) is 9.77. The Bertz CT molecular complexity index is 327. The minimum absolute atomic E-state index is 0.858. The number of likely N-dealkylation sites (N-methyl/N-ethyl adjacent to an activating group) is 1. The predicted molar refractivity (Wildman–Crippen MR) is 74.0 cm³/mol. The van der Waals surface area contributed by atoms with Gasteiger partial charge in [0.15, 0.2) is 0 Å². The van der Waals surface area contributed by atoms with Crippen LogP contribution in [0.15, 0.2) is 48.0 Å². The molecule has 0 aliphatic carbocycles. The van der Waals surface area contributed by atoms with E-state index in [4.69, 9.17) is 4.74 Å². The van der Waals surface area contributed by atoms with Crippen LogP contribution in [0.2, 0.25) is 0 Å². The van der Waals surface area contributed by atoms with Crippen molar-refractivity contribution in [3.63, 3.8) is 0 Å². The molecule has 0 rings (SSSR count). The molecule has 0 spiro atoms. The van der Waals surface area contributed by atoms with Gasteiger partial charge in [-0.05, 0) is 26.3 Å². The summed E-state index contributed by atoms with van der Waals surface area (Å²) in [5, 5.41) is 1.91. The highest BCUT2D eigenvalue weighted by molar-refractivity contribution is 5.24. The molecule has 0 aromatic heterocycles. The molecule has 0 amide bonds. The zero-order chi connectivity index (χ0) is 13.3. The van der Waals surface area contributed by atoms with Crippen LogP contribution in [-0.2, 0) is 4.74 Å². The van der Waals surface area contributed by atoms with Gasteiger partial charge in [-0.3, -0.25) is 5.01 Å². The summed E-state index contributed by atoms with van der Waals surface area (Å²) < 4.78 is 5.16. The first-order valence-corrected chi connectivity index (χ1v) is 5.76. The molecular formula is C14H24N2O. The van der Waals surface area contributed by atoms with Crippen molar-refractivity contribution < 1.29 is 4.74 Å². The standard InChI is InChI=1S/C14H24N2O/c1-7-8-9-10-14(11-13(4)17-6)16(5)15-12(2)3/h8-11,15H,2,7H2,1,3-6H3/b9-8?,13-11+,14-10+. The molecule has 96 valence electrons. The highest BCUT2D eigenvalue weighted by atomic mass is 16.5. The lowest BCUT2D eigenvalue weighted by Crippen LogP contribution is -2.31. The Hall–Kier alpha value is -1.64. The highest BCUT2D eigenvalue weighted by Crippen LogP contribution is 2.07. The van der Waals surface area contributed by atoms with E-state index in [2.05, 4.69) is 25.0 Å². The van der Waals surface area contributed by atoms with E-state index < -0.39 is 0 Å². The average molecular weight is 236 g/mol. The molecule has 0 heterocycles. The predicted octanol–water partition coefficient (Wildman–Crippen LogP) is 3.36. The summed E-state index contributed by atoms with van der Waals surface area (Å²) >= 11 is 0. The molecule has 0 aliphatic heterocycles. The van der Waals surface area contributed by atoms with Gasteiger partial charge in [-0.2, -0.15) is 0 Å². The summed E-state index contributed by atoms with van der Waals surface area (Å²) in [4.78, 5) is 0. The second-order valence-corrected chi connectivity index (χ2v) is 3.84. The first-order valence-electron chi connectivity index (χ1n) is 5.76. The van der Waals surface area contributed by atoms with Crippen LogP contribution >= 0.6 is 0 Å². The number of hydrazine groups is 1. The van der Waals surface area contributed by atoms with E-state index in [9.17, 15) is 0 Å². The van der Waals surface area contributed by atoms with Crippen LogP contribution in [-0.4, -0.2) is 19.2 Å². The molecule has 0 fully saturated rings. The third-order valence-corrected chi connectivity index (χ3v) is 2.06. The number of hydrogen-bond acceptors (Lipinski definition) is 3. The number of allylic oxidation sites excluding steroid dienone is 6. The van der Waals surface area contributed by atoms with E-state index in [0.29, 0.717) is 0 Å². The maximum absolute atomic E-state index is 5.16. The smallest absolute Gasteiger partial charge is 0.0945 e. The number of nitrogens with zero attached hydrogens (tertiary/aromatic N) is 1. The second-order valence-electron chi connectivity index (χ2n) is 3.84. The van der Waals surface area contributed by atoms with E-state index in [1.165, 1.54) is 0 Å². The molecule has 0 bridgehead atoms. The zero-order valence-electron chi connectivity index (χ0n) is 11.6. The number of methoxy groups -OCH3 is 1. The summed E-state index contributed by atoms with van der Waals surface area (Å²) in [5.74, 6) is 0.858. The number of nitrogens with one attached hydrogen (secondary N) is 1. The fraction of sp³-hybridized carbons (Fsp3) is 0.429. The Morgan fingerprint density at radius 2 is 2.06 bits per heavy atom. The van der Waals surface area contributed by atoms with Gasteiger partial charge in [0.1, 0.15) is 0 Å². The van der Waals surface area contributed by atoms with Gasteiger partial charge < -0.3 is 10.2 Å². The van der Waals surface area contributed by atoms with Crippen molar-refractivity contribution in [1.29, 1.82) is 0 Å². The maximum Gasteiger partial charge on any atom is 0.0945 e. The Labute approximate surface area is 105 Å². The highest BCUT2D eigenvalue weighted by Gasteiger charge is 2.01. The van der Waals surface area contributed by atoms with Crippen molar-refractivity contribution >= 4 is 0 Å². The first-order chi connectivity index (χ1) is 8.01. The molecule has 0 saturated carbocycles. The molecule has 3 nitrogen and oxygen atoms in total. The Kier molecular flexibility index (Phi) is 7.68. The normalized spacial score (nSPS) is 12.8. The molecule has 17 heavy (non-hydrogen) atoms. The number of rotatable bonds is 7. The molecule has 0 aromatic rings. The van der Waals surface area contributed by atoms with Gasteiger partial charge in [0, 0.05) is 18.8 Å². The summed E-state index contributed by atoms with van der Waals surface area (Å²) in [6.07, 6.45) is 9.16. The molecule has 0 aromatic carbocycles. The van der Waals surface area contributed by atoms with Crippen molar-refractivity contribution in [2.45, 2.75) is 27.2 Å². The lowest BCUT2D eigenvalue weighted by molar-refractivity contribution is 0.288. The molecule has 1 N–H and O–H groups in total. The first kappa shape index (κ1) is 15.4. The van der Waals surface area contributed by atoms with Crippen molar-refractivity contribution in [1.82, 2.24) is 10.4 Å². The van der Waals surface area contributed by atoms with Crippen molar-refractivity contribution in [3.05, 3.63) is 48.0 Å². The summed E-state index contributed by atoms with van der Waals surface area (Å²) in [6, 6.07) is 0. The third kappa shape index (κ3) is 7.28. The lowest BCUT2D eigenvalue weighted by Gasteiger charge is -2.22. The largest absolute Gasteiger partial charge is 0.501 e. The van der Waals surface area contributed by atoms with Crippen LogP contribution in [0.1, 0.15) is 27.2 Å². The van der Waals surface area contributed by atoms with Crippen molar-refractivity contribution in [2.75, 3.05) is 14.2 Å². The molecule has 0 unspecified atom stereocenters. The average Bonchev–Trinajstić information content (AvgIpc) is 2.26. The molecule has 0 saturated heterocycles. The van der Waals surface area contributed by atoms with Gasteiger partial charge in [-0.25, -0.2) is 0 Å². The minimum atomic E-state index is 0.858. The van der Waals surface area contributed by atoms with Crippen LogP contribution < -0.4 is 5.43 Å². The monoisotopic (exact) mass is 236 g/mol. The number of ether oxygens (including phenoxy) is 1. The molecular weight excluding hydrogens is 212 g/mol. The molecule has 0 aliphatic rings. The fourth-order valence-electron chi connectivity index (χ4n) is 1.18. The van der Waals surface area contributed by atoms with E-state index in [-0.39, 0.29) is 0 Å². The van der Waals surface area contributed by atoms with Gasteiger partial charge in [-0.1, -0.05) is 25.7 Å². The second kappa shape index (κ2) is 8.50. The maximum atomic E-state index is 5.16. The molecule has 0 radical (unpaired) electrons. The minimum Gasteiger partial charge on any atom is -0.501 e. The molecule has 0 atom stereocenters. The van der Waals surface area contributed by atoms with Crippen LogP contribution in [0, 0.1) is 0 Å². The summed E-state index contributed by atoms with van der Waals surface area (Å²) in [5.41, 5.74) is 5.04. The van der Waals surface area contributed by atoms with E-state index in [1.54, 1.807) is 7.11 Å². The van der Waals surface area contributed by atoms with E-state index in [0.717, 1.165) is 23.6 Å². The zero-order valence-corrected chi connectivity index (χ0v) is 11.6. The number of hydrogen-bond donors (Lipinski definition) is 1. The van der Waals surface area contributed by atoms with Crippen molar-refractivity contribution in [2.24, 2.45) is 0 Å². The van der Waals surface area contributed by atoms with Crippen LogP contribution in [0.5, 0.6) is 0 Å². The van der Waals surface area contributed by atoms with Crippen molar-refractivity contribution in [3.8, 4) is 0 Å².